The van der Waals surface area contributed by atoms with Crippen LogP contribution in [0.2, 0.25) is 0 Å². The lowest BCUT2D eigenvalue weighted by molar-refractivity contribution is 0.354. The van der Waals surface area contributed by atoms with Crippen LogP contribution in [-0.4, -0.2) is 22.0 Å². The maximum atomic E-state index is 5.70. The molecule has 0 saturated carbocycles. The van der Waals surface area contributed by atoms with Crippen molar-refractivity contribution in [3.63, 3.8) is 0 Å². The highest BCUT2D eigenvalue weighted by molar-refractivity contribution is 6.17. The lowest BCUT2D eigenvalue weighted by Crippen LogP contribution is -2.24. The van der Waals surface area contributed by atoms with E-state index in [4.69, 9.17) is 11.6 Å². The highest BCUT2D eigenvalue weighted by atomic mass is 35.5. The first-order valence-corrected chi connectivity index (χ1v) is 5.86. The Bertz CT molecular complexity index is 294. The predicted molar refractivity (Wildman–Crippen MR) is 65.4 cm³/mol. The minimum atomic E-state index is 0.265. The predicted octanol–water partition coefficient (Wildman–Crippen LogP) is 2.88. The summed E-state index contributed by atoms with van der Waals surface area (Å²) in [7, 11) is 1.99. The number of alkyl halides is 1. The largest absolute Gasteiger partial charge is 0.355 e. The van der Waals surface area contributed by atoms with Gasteiger partial charge in [0.2, 0.25) is 5.95 Å². The van der Waals surface area contributed by atoms with Gasteiger partial charge in [0.25, 0.3) is 0 Å². The van der Waals surface area contributed by atoms with Crippen LogP contribution in [0.3, 0.4) is 0 Å². The molecule has 15 heavy (non-hydrogen) atoms. The molecule has 1 aromatic heterocycles. The maximum Gasteiger partial charge on any atom is 0.202 e. The zero-order chi connectivity index (χ0) is 11.3. The summed E-state index contributed by atoms with van der Waals surface area (Å²) in [5.41, 5.74) is 0.265. The first-order valence-electron chi connectivity index (χ1n) is 5.32. The third-order valence-corrected chi connectivity index (χ3v) is 2.80. The van der Waals surface area contributed by atoms with Crippen molar-refractivity contribution in [3.8, 4) is 0 Å². The Morgan fingerprint density at radius 2 is 2.27 bits per heavy atom. The number of imidazole rings is 1. The number of aromatic nitrogens is 2. The molecule has 0 aliphatic heterocycles. The Labute approximate surface area is 96.8 Å². The molecule has 0 aliphatic rings. The van der Waals surface area contributed by atoms with E-state index in [1.807, 2.05) is 17.8 Å². The van der Waals surface area contributed by atoms with E-state index in [9.17, 15) is 0 Å². The van der Waals surface area contributed by atoms with Gasteiger partial charge in [-0.2, -0.15) is 0 Å². The summed E-state index contributed by atoms with van der Waals surface area (Å²) in [6, 6.07) is 0. The molecule has 3 nitrogen and oxygen atoms in total. The van der Waals surface area contributed by atoms with Crippen molar-refractivity contribution in [2.24, 2.45) is 12.5 Å². The Hall–Kier alpha value is -0.700. The van der Waals surface area contributed by atoms with E-state index in [1.54, 1.807) is 6.20 Å². The molecule has 86 valence electrons. The number of aryl methyl sites for hydroxylation is 1. The Balaban J connectivity index is 2.39. The Kier molecular flexibility index (Phi) is 4.45. The highest BCUT2D eigenvalue weighted by Crippen LogP contribution is 2.22. The van der Waals surface area contributed by atoms with Crippen LogP contribution >= 0.6 is 11.6 Å². The summed E-state index contributed by atoms with van der Waals surface area (Å²) in [5.74, 6) is 1.67. The molecule has 0 bridgehead atoms. The number of hydrogen-bond acceptors (Lipinski definition) is 2. The molecule has 0 radical (unpaired) electrons. The number of nitrogens with zero attached hydrogens (tertiary/aromatic N) is 2. The van der Waals surface area contributed by atoms with Crippen molar-refractivity contribution in [1.29, 1.82) is 0 Å². The molecule has 0 unspecified atom stereocenters. The molecule has 0 aliphatic carbocycles. The molecule has 1 N–H and O–H groups in total. The molecule has 1 aromatic rings. The van der Waals surface area contributed by atoms with Gasteiger partial charge < -0.3 is 9.88 Å². The number of halogens is 1. The van der Waals surface area contributed by atoms with Gasteiger partial charge in [-0.1, -0.05) is 13.8 Å². The second kappa shape index (κ2) is 5.40. The van der Waals surface area contributed by atoms with Gasteiger partial charge in [-0.05, 0) is 18.3 Å². The molecular formula is C11H20ClN3. The van der Waals surface area contributed by atoms with Crippen LogP contribution in [0.25, 0.3) is 0 Å². The molecular weight excluding hydrogens is 210 g/mol. The standard InChI is InChI=1S/C11H20ClN3/c1-11(2,5-4-6-12)9-14-10-13-7-8-15(10)3/h7-8H,4-6,9H2,1-3H3,(H,13,14). The first kappa shape index (κ1) is 12.4. The number of anilines is 1. The fourth-order valence-electron chi connectivity index (χ4n) is 1.49. The summed E-state index contributed by atoms with van der Waals surface area (Å²) in [6.45, 7) is 5.42. The second-order valence-corrected chi connectivity index (χ2v) is 5.05. The smallest absolute Gasteiger partial charge is 0.202 e. The minimum absolute atomic E-state index is 0.265. The topological polar surface area (TPSA) is 29.9 Å². The van der Waals surface area contributed by atoms with Crippen molar-refractivity contribution >= 4 is 17.5 Å². The third kappa shape index (κ3) is 4.12. The highest BCUT2D eigenvalue weighted by Gasteiger charge is 2.17. The molecule has 4 heteroatoms. The van der Waals surface area contributed by atoms with Crippen LogP contribution in [0.1, 0.15) is 26.7 Å². The van der Waals surface area contributed by atoms with E-state index in [0.29, 0.717) is 0 Å². The maximum absolute atomic E-state index is 5.70. The number of nitrogens with one attached hydrogen (secondary N) is 1. The van der Waals surface area contributed by atoms with Gasteiger partial charge in [0.1, 0.15) is 0 Å². The average Bonchev–Trinajstić information content (AvgIpc) is 2.58. The van der Waals surface area contributed by atoms with Crippen LogP contribution in [0.4, 0.5) is 5.95 Å². The van der Waals surface area contributed by atoms with Crippen LogP contribution in [-0.2, 0) is 7.05 Å². The van der Waals surface area contributed by atoms with Gasteiger partial charge in [-0.15, -0.1) is 11.6 Å². The minimum Gasteiger partial charge on any atom is -0.355 e. The van der Waals surface area contributed by atoms with Crippen molar-refractivity contribution in [1.82, 2.24) is 9.55 Å². The first-order chi connectivity index (χ1) is 7.05. The molecule has 1 rings (SSSR count). The summed E-state index contributed by atoms with van der Waals surface area (Å²) < 4.78 is 1.98. The van der Waals surface area contributed by atoms with Gasteiger partial charge in [0.15, 0.2) is 0 Å². The van der Waals surface area contributed by atoms with Gasteiger partial charge in [0.05, 0.1) is 0 Å². The van der Waals surface area contributed by atoms with Crippen molar-refractivity contribution in [2.75, 3.05) is 17.7 Å². The zero-order valence-corrected chi connectivity index (χ0v) is 10.5. The number of rotatable bonds is 6. The van der Waals surface area contributed by atoms with Crippen LogP contribution in [0.5, 0.6) is 0 Å². The van der Waals surface area contributed by atoms with Crippen molar-refractivity contribution < 1.29 is 0 Å². The molecule has 0 atom stereocenters. The SMILES string of the molecule is Cn1ccnc1NCC(C)(C)CCCCl. The lowest BCUT2D eigenvalue weighted by atomic mass is 9.88. The fraction of sp³-hybridized carbons (Fsp3) is 0.727. The molecule has 1 heterocycles. The quantitative estimate of drug-likeness (QED) is 0.761. The molecule has 0 aromatic carbocycles. The van der Waals surface area contributed by atoms with Gasteiger partial charge in [-0.25, -0.2) is 4.98 Å². The molecule has 0 spiro atoms. The van der Waals surface area contributed by atoms with Crippen molar-refractivity contribution in [3.05, 3.63) is 12.4 Å². The van der Waals surface area contributed by atoms with E-state index < -0.39 is 0 Å². The average molecular weight is 230 g/mol. The van der Waals surface area contributed by atoms with E-state index in [1.165, 1.54) is 0 Å². The summed E-state index contributed by atoms with van der Waals surface area (Å²) in [4.78, 5) is 4.22. The zero-order valence-electron chi connectivity index (χ0n) is 9.76. The van der Waals surface area contributed by atoms with E-state index in [0.717, 1.165) is 31.2 Å². The molecule has 0 fully saturated rings. The molecule has 0 amide bonds. The third-order valence-electron chi connectivity index (χ3n) is 2.53. The number of hydrogen-bond donors (Lipinski definition) is 1. The van der Waals surface area contributed by atoms with E-state index in [-0.39, 0.29) is 5.41 Å². The van der Waals surface area contributed by atoms with Crippen LogP contribution in [0.15, 0.2) is 12.4 Å². The van der Waals surface area contributed by atoms with Gasteiger partial charge in [-0.3, -0.25) is 0 Å². The normalized spacial score (nSPS) is 11.7. The monoisotopic (exact) mass is 229 g/mol. The van der Waals surface area contributed by atoms with Crippen LogP contribution in [0, 0.1) is 5.41 Å². The summed E-state index contributed by atoms with van der Waals surface area (Å²) in [5, 5.41) is 3.35. The van der Waals surface area contributed by atoms with Gasteiger partial charge >= 0.3 is 0 Å². The van der Waals surface area contributed by atoms with Crippen LogP contribution < -0.4 is 5.32 Å². The second-order valence-electron chi connectivity index (χ2n) is 4.67. The van der Waals surface area contributed by atoms with E-state index in [2.05, 4.69) is 24.1 Å². The lowest BCUT2D eigenvalue weighted by Gasteiger charge is -2.24. The summed E-state index contributed by atoms with van der Waals surface area (Å²) in [6.07, 6.45) is 5.94. The fourth-order valence-corrected chi connectivity index (χ4v) is 1.62. The Morgan fingerprint density at radius 1 is 1.53 bits per heavy atom. The van der Waals surface area contributed by atoms with E-state index >= 15 is 0 Å². The van der Waals surface area contributed by atoms with Crippen molar-refractivity contribution in [2.45, 2.75) is 26.7 Å². The van der Waals surface area contributed by atoms with Gasteiger partial charge in [0, 0.05) is 31.9 Å². The summed E-state index contributed by atoms with van der Waals surface area (Å²) >= 11 is 5.70. The molecule has 0 saturated heterocycles. The Morgan fingerprint density at radius 3 is 2.80 bits per heavy atom.